The van der Waals surface area contributed by atoms with Gasteiger partial charge >= 0.3 is 59.1 Å². The van der Waals surface area contributed by atoms with Crippen LogP contribution in [0.4, 0.5) is 0 Å². The van der Waals surface area contributed by atoms with Gasteiger partial charge in [0.1, 0.15) is 0 Å². The van der Waals surface area contributed by atoms with Crippen molar-refractivity contribution in [2.45, 2.75) is 0 Å². The van der Waals surface area contributed by atoms with Gasteiger partial charge in [-0.2, -0.15) is 0 Å². The smallest absolute Gasteiger partial charge is 0.543 e. The molecule has 8 heteroatoms. The van der Waals surface area contributed by atoms with Gasteiger partial charge < -0.3 is 31.3 Å². The number of hydrogen-bond donors (Lipinski definition) is 2. The normalized spacial score (nSPS) is 6.17. The quantitative estimate of drug-likeness (QED) is 0.314. The van der Waals surface area contributed by atoms with Gasteiger partial charge in [-0.15, -0.1) is 0 Å². The predicted octanol–water partition coefficient (Wildman–Crippen LogP) is -10.6. The van der Waals surface area contributed by atoms with Gasteiger partial charge in [0.25, 0.3) is 0 Å². The average Bonchev–Trinajstić information content (AvgIpc) is 1.89. The van der Waals surface area contributed by atoms with Gasteiger partial charge in [-0.3, -0.25) is 0 Å². The number of carbonyl (C=O) groups is 2. The Balaban J connectivity index is -0.0000000483. The molecule has 0 bridgehead atoms. The molecule has 0 aliphatic rings. The number of aliphatic carboxylic acids is 2. The second kappa shape index (κ2) is 17.8. The Kier molecular flexibility index (Phi) is 34.2. The van der Waals surface area contributed by atoms with E-state index >= 15 is 0 Å². The largest absolute Gasteiger partial charge is 1.00 e. The van der Waals surface area contributed by atoms with Crippen LogP contribution < -0.4 is 80.8 Å². The van der Waals surface area contributed by atoms with E-state index in [9.17, 15) is 0 Å². The van der Waals surface area contributed by atoms with Crippen LogP contribution in [0.2, 0.25) is 0 Å². The fourth-order valence-electron chi connectivity index (χ4n) is 0. The molecule has 0 amide bonds. The van der Waals surface area contributed by atoms with Gasteiger partial charge in [-0.1, -0.05) is 0 Å². The van der Waals surface area contributed by atoms with Crippen molar-refractivity contribution in [3.05, 3.63) is 0 Å². The first kappa shape index (κ1) is 23.0. The summed E-state index contributed by atoms with van der Waals surface area (Å²) in [5, 5.41) is 17.9. The van der Waals surface area contributed by atoms with E-state index in [-0.39, 0.29) is 59.1 Å². The minimum atomic E-state index is -2.19. The Morgan fingerprint density at radius 3 is 1.08 bits per heavy atom. The summed E-state index contributed by atoms with van der Waals surface area (Å²) in [6.45, 7) is 1.19. The Morgan fingerprint density at radius 1 is 0.917 bits per heavy atom. The van der Waals surface area contributed by atoms with Crippen LogP contribution in [-0.4, -0.2) is 25.0 Å². The molecule has 4 N–H and O–H groups in total. The molecule has 0 aromatic rings. The molecular weight excluding hydrogens is 186 g/mol. The number of rotatable bonds is 1. The maximum absolute atomic E-state index is 8.93. The monoisotopic (exact) mass is 194 g/mol. The van der Waals surface area contributed by atoms with Crippen molar-refractivity contribution in [2.24, 2.45) is 11.5 Å². The molecule has 0 rings (SSSR count). The molecule has 0 spiro atoms. The van der Waals surface area contributed by atoms with E-state index < -0.39 is 11.9 Å². The first-order chi connectivity index (χ1) is 4.56. The fourth-order valence-corrected chi connectivity index (χ4v) is 0. The second-order valence-electron chi connectivity index (χ2n) is 1.15. The van der Waals surface area contributed by atoms with E-state index in [0.717, 1.165) is 0 Å². The van der Waals surface area contributed by atoms with Crippen LogP contribution >= 0.6 is 0 Å². The van der Waals surface area contributed by atoms with Crippen molar-refractivity contribution >= 4 is 11.9 Å². The Labute approximate surface area is 114 Å². The van der Waals surface area contributed by atoms with E-state index in [4.69, 9.17) is 31.3 Å². The van der Waals surface area contributed by atoms with Crippen molar-refractivity contribution < 1.29 is 78.9 Å². The zero-order chi connectivity index (χ0) is 8.57. The summed E-state index contributed by atoms with van der Waals surface area (Å²) >= 11 is 0. The average molecular weight is 194 g/mol. The van der Waals surface area contributed by atoms with Crippen LogP contribution in [0, 0.1) is 0 Å². The second-order valence-corrected chi connectivity index (χ2v) is 1.15. The van der Waals surface area contributed by atoms with E-state index in [1.807, 2.05) is 0 Å². The van der Waals surface area contributed by atoms with Gasteiger partial charge in [0.05, 0.1) is 11.9 Å². The number of carbonyl (C=O) groups excluding carboxylic acids is 2. The minimum Gasteiger partial charge on any atom is -0.543 e. The van der Waals surface area contributed by atoms with Gasteiger partial charge in [0.2, 0.25) is 0 Å². The molecule has 0 aromatic heterocycles. The van der Waals surface area contributed by atoms with Crippen LogP contribution in [0.5, 0.6) is 0 Å². The predicted molar refractivity (Wildman–Crippen MR) is 28.1 cm³/mol. The summed E-state index contributed by atoms with van der Waals surface area (Å²) in [6.07, 6.45) is 0. The number of carboxylic acid groups (broad SMARTS) is 2. The van der Waals surface area contributed by atoms with Crippen LogP contribution in [0.15, 0.2) is 0 Å². The Hall–Kier alpha value is 0.860. The fraction of sp³-hybridized carbons (Fsp3) is 0.500. The Morgan fingerprint density at radius 2 is 1.08 bits per heavy atom. The summed E-state index contributed by atoms with van der Waals surface area (Å²) in [4.78, 5) is 17.9. The van der Waals surface area contributed by atoms with Crippen LogP contribution in [-0.2, 0) is 9.59 Å². The summed E-state index contributed by atoms with van der Waals surface area (Å²) < 4.78 is 0. The zero-order valence-electron chi connectivity index (χ0n) is 7.20. The van der Waals surface area contributed by atoms with Crippen LogP contribution in [0.3, 0.4) is 0 Å². The third kappa shape index (κ3) is 30.7. The molecule has 0 atom stereocenters. The summed E-state index contributed by atoms with van der Waals surface area (Å²) in [5.41, 5.74) is 9.81. The van der Waals surface area contributed by atoms with Gasteiger partial charge in [0, 0.05) is 13.1 Å². The molecule has 60 valence electrons. The standard InChI is InChI=1S/C2H8N2.C2H2O4.2Na/c3-1-2-4;3-1(4)2(5)6;;/h1-4H2;(H,3,4)(H,5,6);;/q;;2*+1/p-2. The molecule has 0 heterocycles. The maximum Gasteiger partial charge on any atom is 1.00 e. The van der Waals surface area contributed by atoms with Gasteiger partial charge in [-0.25, -0.2) is 0 Å². The SMILES string of the molecule is NCCN.O=C([O-])C(=O)[O-].[Na+].[Na+]. The molecule has 6 nitrogen and oxygen atoms in total. The minimum absolute atomic E-state index is 0. The third-order valence-electron chi connectivity index (χ3n) is 0.333. The topological polar surface area (TPSA) is 132 Å². The molecule has 0 radical (unpaired) electrons. The molecule has 0 saturated carbocycles. The number of carboxylic acids is 2. The first-order valence-corrected chi connectivity index (χ1v) is 2.38. The van der Waals surface area contributed by atoms with Crippen molar-refractivity contribution in [1.29, 1.82) is 0 Å². The number of nitrogens with two attached hydrogens (primary N) is 2. The molecule has 0 aromatic carbocycles. The first-order valence-electron chi connectivity index (χ1n) is 2.38. The maximum atomic E-state index is 8.93. The van der Waals surface area contributed by atoms with Crippen molar-refractivity contribution in [3.63, 3.8) is 0 Å². The van der Waals surface area contributed by atoms with Crippen LogP contribution in [0.1, 0.15) is 0 Å². The van der Waals surface area contributed by atoms with Crippen molar-refractivity contribution in [3.8, 4) is 0 Å². The van der Waals surface area contributed by atoms with Crippen molar-refractivity contribution in [1.82, 2.24) is 0 Å². The molecule has 0 saturated heterocycles. The third-order valence-corrected chi connectivity index (χ3v) is 0.333. The van der Waals surface area contributed by atoms with E-state index in [2.05, 4.69) is 0 Å². The summed E-state index contributed by atoms with van der Waals surface area (Å²) in [6, 6.07) is 0. The van der Waals surface area contributed by atoms with E-state index in [0.29, 0.717) is 13.1 Å². The van der Waals surface area contributed by atoms with Crippen molar-refractivity contribution in [2.75, 3.05) is 13.1 Å². The van der Waals surface area contributed by atoms with E-state index in [1.54, 1.807) is 0 Å². The molecular formula is C4H8N2Na2O4. The molecule has 12 heavy (non-hydrogen) atoms. The number of hydrogen-bond acceptors (Lipinski definition) is 6. The van der Waals surface area contributed by atoms with Crippen LogP contribution in [0.25, 0.3) is 0 Å². The Bertz CT molecular complexity index is 108. The summed E-state index contributed by atoms with van der Waals surface area (Å²) in [7, 11) is 0. The van der Waals surface area contributed by atoms with Gasteiger partial charge in [0.15, 0.2) is 0 Å². The molecule has 0 unspecified atom stereocenters. The zero-order valence-corrected chi connectivity index (χ0v) is 11.2. The molecule has 0 fully saturated rings. The summed E-state index contributed by atoms with van der Waals surface area (Å²) in [5.74, 6) is -4.37. The van der Waals surface area contributed by atoms with Gasteiger partial charge in [-0.05, 0) is 0 Å². The molecule has 0 aliphatic carbocycles. The van der Waals surface area contributed by atoms with E-state index in [1.165, 1.54) is 0 Å². The molecule has 0 aliphatic heterocycles.